The third-order valence-electron chi connectivity index (χ3n) is 8.01. The van der Waals surface area contributed by atoms with Crippen LogP contribution < -0.4 is 0 Å². The Kier molecular flexibility index (Phi) is 9.59. The molecule has 0 atom stereocenters. The van der Waals surface area contributed by atoms with Crippen LogP contribution in [0.5, 0.6) is 0 Å². The summed E-state index contributed by atoms with van der Waals surface area (Å²) in [5.74, 6) is -1.70. The van der Waals surface area contributed by atoms with Crippen LogP contribution >= 0.6 is 0 Å². The molecule has 1 aliphatic rings. The van der Waals surface area contributed by atoms with Crippen molar-refractivity contribution in [2.75, 3.05) is 19.5 Å². The minimum Gasteiger partial charge on any atom is -0.266 e. The molecule has 0 radical (unpaired) electrons. The number of hydrogen-bond donors (Lipinski definition) is 0. The standard InChI is InChI=1S/C34H32F2O8S3/c1-23-4-11-28(12-5-23)46(39,40)43-21-34(22-44-47(41,42)29-13-6-24(2)7-14-29)19-31(25-8-15-27(16-9-25)45(3,37)38)32(20-34)30-17-10-26(35)18-33(30)36/h4-18H,19-22H2,1-3H3. The fourth-order valence-corrected chi connectivity index (χ4v) is 8.05. The summed E-state index contributed by atoms with van der Waals surface area (Å²) in [7, 11) is -12.2. The average Bonchev–Trinajstić information content (AvgIpc) is 3.39. The first-order chi connectivity index (χ1) is 22.0. The van der Waals surface area contributed by atoms with Gasteiger partial charge in [-0.05, 0) is 91.9 Å². The van der Waals surface area contributed by atoms with Gasteiger partial charge in [-0.1, -0.05) is 47.5 Å². The lowest BCUT2D eigenvalue weighted by Gasteiger charge is -2.29. The van der Waals surface area contributed by atoms with Crippen molar-refractivity contribution in [3.8, 4) is 0 Å². The summed E-state index contributed by atoms with van der Waals surface area (Å²) in [6.07, 6.45) is 0.884. The van der Waals surface area contributed by atoms with Crippen molar-refractivity contribution in [2.24, 2.45) is 5.41 Å². The smallest absolute Gasteiger partial charge is 0.266 e. The summed E-state index contributed by atoms with van der Waals surface area (Å²) in [4.78, 5) is -0.182. The molecule has 0 spiro atoms. The minimum absolute atomic E-state index is 0.0123. The third-order valence-corrected chi connectivity index (χ3v) is 11.7. The summed E-state index contributed by atoms with van der Waals surface area (Å²) >= 11 is 0. The van der Waals surface area contributed by atoms with Crippen molar-refractivity contribution in [3.63, 3.8) is 0 Å². The van der Waals surface area contributed by atoms with Crippen LogP contribution in [-0.2, 0) is 38.4 Å². The second-order valence-electron chi connectivity index (χ2n) is 11.8. The third kappa shape index (κ3) is 7.87. The Morgan fingerprint density at radius 1 is 0.617 bits per heavy atom. The highest BCUT2D eigenvalue weighted by atomic mass is 32.2. The first-order valence-electron chi connectivity index (χ1n) is 14.4. The molecule has 47 heavy (non-hydrogen) atoms. The number of allylic oxidation sites excluding steroid dienone is 2. The SMILES string of the molecule is Cc1ccc(S(=O)(=O)OCC2(COS(=O)(=O)c3ccc(C)cc3)CC(c3ccc(S(C)(=O)=O)cc3)=C(c3ccc(F)cc3F)C2)cc1. The number of hydrogen-bond acceptors (Lipinski definition) is 8. The molecule has 4 aromatic rings. The van der Waals surface area contributed by atoms with Crippen molar-refractivity contribution >= 4 is 41.2 Å². The van der Waals surface area contributed by atoms with E-state index in [1.807, 2.05) is 0 Å². The Hall–Kier alpha value is -3.75. The molecule has 0 fully saturated rings. The second kappa shape index (κ2) is 13.0. The molecule has 0 N–H and O–H groups in total. The molecular formula is C34H32F2O8S3. The fourth-order valence-electron chi connectivity index (χ4n) is 5.39. The van der Waals surface area contributed by atoms with Crippen molar-refractivity contribution in [1.29, 1.82) is 0 Å². The number of aryl methyl sites for hydroxylation is 2. The van der Waals surface area contributed by atoms with Crippen LogP contribution in [0.4, 0.5) is 8.78 Å². The van der Waals surface area contributed by atoms with Gasteiger partial charge in [-0.2, -0.15) is 16.8 Å². The van der Waals surface area contributed by atoms with E-state index < -0.39 is 60.3 Å². The maximum absolute atomic E-state index is 15.3. The average molecular weight is 703 g/mol. The van der Waals surface area contributed by atoms with Crippen molar-refractivity contribution in [3.05, 3.63) is 125 Å². The molecule has 0 heterocycles. The van der Waals surface area contributed by atoms with Crippen LogP contribution in [0.3, 0.4) is 0 Å². The van der Waals surface area contributed by atoms with Crippen molar-refractivity contribution in [2.45, 2.75) is 41.4 Å². The summed E-state index contributed by atoms with van der Waals surface area (Å²) in [5.41, 5.74) is 1.56. The van der Waals surface area contributed by atoms with Gasteiger partial charge in [-0.15, -0.1) is 0 Å². The quantitative estimate of drug-likeness (QED) is 0.163. The molecule has 0 aliphatic heterocycles. The van der Waals surface area contributed by atoms with Crippen LogP contribution in [0.15, 0.2) is 106 Å². The zero-order chi connectivity index (χ0) is 34.2. The number of halogens is 2. The van der Waals surface area contributed by atoms with Gasteiger partial charge in [0.1, 0.15) is 11.6 Å². The zero-order valence-electron chi connectivity index (χ0n) is 25.7. The predicted molar refractivity (Wildman–Crippen MR) is 173 cm³/mol. The topological polar surface area (TPSA) is 121 Å². The van der Waals surface area contributed by atoms with Crippen LogP contribution in [0.25, 0.3) is 11.1 Å². The van der Waals surface area contributed by atoms with Crippen LogP contribution in [-0.4, -0.2) is 44.7 Å². The molecule has 4 aromatic carbocycles. The molecule has 0 amide bonds. The number of rotatable bonds is 11. The molecule has 0 saturated heterocycles. The van der Waals surface area contributed by atoms with Gasteiger partial charge in [0, 0.05) is 23.3 Å². The summed E-state index contributed by atoms with van der Waals surface area (Å²) in [6, 6.07) is 20.8. The zero-order valence-corrected chi connectivity index (χ0v) is 28.2. The van der Waals surface area contributed by atoms with E-state index in [-0.39, 0.29) is 33.1 Å². The van der Waals surface area contributed by atoms with Gasteiger partial charge in [0.15, 0.2) is 9.84 Å². The monoisotopic (exact) mass is 702 g/mol. The Bertz CT molecular complexity index is 2080. The maximum Gasteiger partial charge on any atom is 0.296 e. The highest BCUT2D eigenvalue weighted by Crippen LogP contribution is 2.51. The van der Waals surface area contributed by atoms with Crippen molar-refractivity contribution in [1.82, 2.24) is 0 Å². The van der Waals surface area contributed by atoms with Gasteiger partial charge >= 0.3 is 0 Å². The van der Waals surface area contributed by atoms with Gasteiger partial charge in [0.2, 0.25) is 0 Å². The number of benzene rings is 4. The van der Waals surface area contributed by atoms with Gasteiger partial charge in [0.25, 0.3) is 20.2 Å². The Morgan fingerprint density at radius 2 is 1.06 bits per heavy atom. The molecule has 5 rings (SSSR count). The molecule has 248 valence electrons. The van der Waals surface area contributed by atoms with E-state index in [2.05, 4.69) is 0 Å². The predicted octanol–water partition coefficient (Wildman–Crippen LogP) is 6.49. The van der Waals surface area contributed by atoms with Crippen LogP contribution in [0.2, 0.25) is 0 Å². The fraction of sp³-hybridized carbons (Fsp3) is 0.235. The lowest BCUT2D eigenvalue weighted by molar-refractivity contribution is 0.0981. The summed E-state index contributed by atoms with van der Waals surface area (Å²) in [5, 5.41) is 0. The molecule has 0 aromatic heterocycles. The highest BCUT2D eigenvalue weighted by Gasteiger charge is 2.43. The van der Waals surface area contributed by atoms with E-state index in [0.717, 1.165) is 23.4 Å². The van der Waals surface area contributed by atoms with Gasteiger partial charge < -0.3 is 0 Å². The molecule has 0 bridgehead atoms. The Labute approximate surface area is 273 Å². The highest BCUT2D eigenvalue weighted by molar-refractivity contribution is 7.90. The first kappa shape index (κ1) is 34.6. The Balaban J connectivity index is 1.58. The molecule has 0 saturated carbocycles. The van der Waals surface area contributed by atoms with E-state index in [4.69, 9.17) is 8.37 Å². The van der Waals surface area contributed by atoms with E-state index >= 15 is 4.39 Å². The lowest BCUT2D eigenvalue weighted by atomic mass is 9.84. The molecule has 0 unspecified atom stereocenters. The summed E-state index contributed by atoms with van der Waals surface area (Å²) in [6.45, 7) is 2.48. The molecule has 13 heteroatoms. The minimum atomic E-state index is -4.33. The summed E-state index contributed by atoms with van der Waals surface area (Å²) < 4.78 is 118. The van der Waals surface area contributed by atoms with Gasteiger partial charge in [0.05, 0.1) is 27.9 Å². The van der Waals surface area contributed by atoms with E-state index in [9.17, 15) is 29.6 Å². The molecular weight excluding hydrogens is 671 g/mol. The van der Waals surface area contributed by atoms with E-state index in [1.165, 1.54) is 54.6 Å². The van der Waals surface area contributed by atoms with Gasteiger partial charge in [-0.3, -0.25) is 8.37 Å². The second-order valence-corrected chi connectivity index (χ2v) is 17.0. The van der Waals surface area contributed by atoms with E-state index in [0.29, 0.717) is 22.8 Å². The first-order valence-corrected chi connectivity index (χ1v) is 19.1. The van der Waals surface area contributed by atoms with Gasteiger partial charge in [-0.25, -0.2) is 17.2 Å². The van der Waals surface area contributed by atoms with Crippen LogP contribution in [0, 0.1) is 30.9 Å². The molecule has 1 aliphatic carbocycles. The maximum atomic E-state index is 15.3. The van der Waals surface area contributed by atoms with Crippen molar-refractivity contribution < 1.29 is 42.4 Å². The molecule has 8 nitrogen and oxygen atoms in total. The largest absolute Gasteiger partial charge is 0.296 e. The Morgan fingerprint density at radius 3 is 1.51 bits per heavy atom. The lowest BCUT2D eigenvalue weighted by Crippen LogP contribution is -2.33. The van der Waals surface area contributed by atoms with E-state index in [1.54, 1.807) is 38.1 Å². The normalized spacial score (nSPS) is 15.3. The number of sulfone groups is 1. The van der Waals surface area contributed by atoms with Crippen LogP contribution in [0.1, 0.15) is 35.1 Å².